The molecule has 5 nitrogen and oxygen atoms in total. The number of H-pyrrole nitrogens is 1. The van der Waals surface area contributed by atoms with Gasteiger partial charge in [0.1, 0.15) is 5.65 Å². The molecule has 0 aromatic carbocycles. The lowest BCUT2D eigenvalue weighted by Crippen LogP contribution is -2.39. The highest BCUT2D eigenvalue weighted by Gasteiger charge is 2.37. The van der Waals surface area contributed by atoms with E-state index in [-0.39, 0.29) is 5.56 Å². The van der Waals surface area contributed by atoms with E-state index in [2.05, 4.69) is 9.88 Å². The minimum Gasteiger partial charge on any atom is -0.307 e. The fourth-order valence-electron chi connectivity index (χ4n) is 5.07. The highest BCUT2D eigenvalue weighted by Crippen LogP contribution is 2.41. The summed E-state index contributed by atoms with van der Waals surface area (Å²) in [6.45, 7) is 1.21. The van der Waals surface area contributed by atoms with Crippen molar-refractivity contribution in [3.63, 3.8) is 0 Å². The molecule has 2 aromatic heterocycles. The number of pyridine rings is 1. The largest absolute Gasteiger partial charge is 0.307 e. The monoisotopic (exact) mass is 326 g/mol. The van der Waals surface area contributed by atoms with Crippen molar-refractivity contribution < 1.29 is 0 Å². The number of aromatic amines is 1. The molecule has 2 aliphatic carbocycles. The summed E-state index contributed by atoms with van der Waals surface area (Å²) in [4.78, 5) is 18.3. The minimum atomic E-state index is 0.106. The third-order valence-corrected chi connectivity index (χ3v) is 6.50. The summed E-state index contributed by atoms with van der Waals surface area (Å²) >= 11 is 0. The van der Waals surface area contributed by atoms with Crippen LogP contribution in [0.1, 0.15) is 67.8 Å². The van der Waals surface area contributed by atoms with Gasteiger partial charge < -0.3 is 4.98 Å². The highest BCUT2D eigenvalue weighted by molar-refractivity contribution is 5.84. The van der Waals surface area contributed by atoms with Crippen molar-refractivity contribution >= 4 is 11.0 Å². The average Bonchev–Trinajstić information content (AvgIpc) is 3.12. The van der Waals surface area contributed by atoms with Gasteiger partial charge in [0.2, 0.25) is 0 Å². The summed E-state index contributed by atoms with van der Waals surface area (Å²) in [7, 11) is 1.97. The first kappa shape index (κ1) is 14.7. The third-order valence-electron chi connectivity index (χ3n) is 6.50. The zero-order chi connectivity index (χ0) is 16.3. The van der Waals surface area contributed by atoms with Crippen molar-refractivity contribution in [3.05, 3.63) is 27.2 Å². The maximum Gasteiger partial charge on any atom is 0.253 e. The fourth-order valence-corrected chi connectivity index (χ4v) is 5.07. The summed E-state index contributed by atoms with van der Waals surface area (Å²) in [5.74, 6) is 0. The van der Waals surface area contributed by atoms with Crippen LogP contribution in [0.5, 0.6) is 0 Å². The highest BCUT2D eigenvalue weighted by atomic mass is 16.1. The Morgan fingerprint density at radius 3 is 2.58 bits per heavy atom. The van der Waals surface area contributed by atoms with Crippen LogP contribution in [0.25, 0.3) is 11.0 Å². The predicted molar refractivity (Wildman–Crippen MR) is 94.3 cm³/mol. The van der Waals surface area contributed by atoms with Crippen LogP contribution in [-0.2, 0) is 19.9 Å². The number of rotatable bonds is 2. The van der Waals surface area contributed by atoms with Gasteiger partial charge >= 0.3 is 0 Å². The maximum absolute atomic E-state index is 12.5. The lowest BCUT2D eigenvalue weighted by molar-refractivity contribution is 0.112. The summed E-state index contributed by atoms with van der Waals surface area (Å²) in [5, 5.41) is 6.18. The van der Waals surface area contributed by atoms with Crippen LogP contribution in [0, 0.1) is 0 Å². The number of likely N-dealkylation sites (tertiary alicyclic amines) is 1. The number of hydrogen-bond acceptors (Lipinski definition) is 3. The van der Waals surface area contributed by atoms with Crippen LogP contribution >= 0.6 is 0 Å². The molecule has 2 fully saturated rings. The first-order valence-electron chi connectivity index (χ1n) is 9.60. The Morgan fingerprint density at radius 2 is 1.83 bits per heavy atom. The average molecular weight is 326 g/mol. The second-order valence-corrected chi connectivity index (χ2v) is 7.83. The molecule has 0 unspecified atom stereocenters. The lowest BCUT2D eigenvalue weighted by atomic mass is 9.88. The number of hydrogen-bond donors (Lipinski definition) is 1. The Labute approximate surface area is 142 Å². The molecule has 24 heavy (non-hydrogen) atoms. The molecule has 1 aliphatic heterocycles. The summed E-state index contributed by atoms with van der Waals surface area (Å²) in [6, 6.07) is 1.20. The molecule has 0 spiro atoms. The standard InChI is InChI=1S/C19H26N4O/c1-22-18-16(13-8-2-3-9-14(13)19(24)20-18)17(21-22)15-10-5-11-23(15)12-6-4-7-12/h12,15H,2-11H2,1H3,(H,20,24)/t15-/m0/s1. The van der Waals surface area contributed by atoms with Gasteiger partial charge in [0.15, 0.2) is 0 Å². The fraction of sp³-hybridized carbons (Fsp3) is 0.684. The van der Waals surface area contributed by atoms with Gasteiger partial charge in [-0.15, -0.1) is 0 Å². The van der Waals surface area contributed by atoms with Crippen molar-refractivity contribution in [2.75, 3.05) is 6.54 Å². The zero-order valence-electron chi connectivity index (χ0n) is 14.5. The number of nitrogens with one attached hydrogen (secondary N) is 1. The Hall–Kier alpha value is -1.62. The SMILES string of the molecule is Cn1nc([C@@H]2CCCN2C2CCC2)c2c3c(c(=O)[nH]c21)CCCC3. The van der Waals surface area contributed by atoms with Crippen LogP contribution in [0.2, 0.25) is 0 Å². The molecule has 1 atom stereocenters. The summed E-state index contributed by atoms with van der Waals surface area (Å²) in [5.41, 5.74) is 4.58. The van der Waals surface area contributed by atoms with Gasteiger partial charge in [-0.1, -0.05) is 6.42 Å². The summed E-state index contributed by atoms with van der Waals surface area (Å²) in [6.07, 6.45) is 10.8. The number of aromatic nitrogens is 3. The van der Waals surface area contributed by atoms with E-state index >= 15 is 0 Å². The van der Waals surface area contributed by atoms with E-state index in [0.29, 0.717) is 6.04 Å². The Kier molecular flexibility index (Phi) is 3.34. The van der Waals surface area contributed by atoms with Gasteiger partial charge in [-0.3, -0.25) is 14.4 Å². The molecule has 1 saturated heterocycles. The number of aryl methyl sites for hydroxylation is 2. The molecule has 0 radical (unpaired) electrons. The molecule has 5 rings (SSSR count). The van der Waals surface area contributed by atoms with Crippen LogP contribution < -0.4 is 5.56 Å². The van der Waals surface area contributed by atoms with E-state index in [1.54, 1.807) is 0 Å². The molecule has 5 heteroatoms. The zero-order valence-corrected chi connectivity index (χ0v) is 14.5. The van der Waals surface area contributed by atoms with Crippen molar-refractivity contribution in [2.45, 2.75) is 69.9 Å². The normalized spacial score (nSPS) is 25.1. The molecule has 3 aliphatic rings. The molecule has 0 bridgehead atoms. The number of fused-ring (bicyclic) bond motifs is 3. The van der Waals surface area contributed by atoms with Crippen molar-refractivity contribution in [2.24, 2.45) is 7.05 Å². The van der Waals surface area contributed by atoms with Crippen LogP contribution in [0.15, 0.2) is 4.79 Å². The van der Waals surface area contributed by atoms with Crippen LogP contribution in [-0.4, -0.2) is 32.3 Å². The summed E-state index contributed by atoms with van der Waals surface area (Å²) < 4.78 is 1.90. The molecule has 3 heterocycles. The molecule has 128 valence electrons. The lowest BCUT2D eigenvalue weighted by Gasteiger charge is -2.38. The van der Waals surface area contributed by atoms with Gasteiger partial charge in [0, 0.05) is 24.0 Å². The topological polar surface area (TPSA) is 53.9 Å². The van der Waals surface area contributed by atoms with Gasteiger partial charge in [-0.2, -0.15) is 5.10 Å². The van der Waals surface area contributed by atoms with E-state index in [9.17, 15) is 4.79 Å². The molecular weight excluding hydrogens is 300 g/mol. The van der Waals surface area contributed by atoms with Crippen molar-refractivity contribution in [1.82, 2.24) is 19.7 Å². The predicted octanol–water partition coefficient (Wildman–Crippen LogP) is 2.83. The van der Waals surface area contributed by atoms with E-state index in [4.69, 9.17) is 5.10 Å². The molecule has 1 N–H and O–H groups in total. The van der Waals surface area contributed by atoms with Crippen LogP contribution in [0.4, 0.5) is 0 Å². The second kappa shape index (κ2) is 5.45. The molecule has 0 amide bonds. The Balaban J connectivity index is 1.69. The smallest absolute Gasteiger partial charge is 0.253 e. The van der Waals surface area contributed by atoms with Crippen molar-refractivity contribution in [1.29, 1.82) is 0 Å². The Bertz CT molecular complexity index is 845. The van der Waals surface area contributed by atoms with Gasteiger partial charge in [-0.25, -0.2) is 0 Å². The quantitative estimate of drug-likeness (QED) is 0.923. The van der Waals surface area contributed by atoms with E-state index in [0.717, 1.165) is 36.5 Å². The van der Waals surface area contributed by atoms with Gasteiger partial charge in [0.25, 0.3) is 5.56 Å². The third kappa shape index (κ3) is 2.03. The van der Waals surface area contributed by atoms with Gasteiger partial charge in [-0.05, 0) is 63.5 Å². The first-order chi connectivity index (χ1) is 11.7. The van der Waals surface area contributed by atoms with E-state index in [1.165, 1.54) is 61.7 Å². The molecule has 1 saturated carbocycles. The maximum atomic E-state index is 12.5. The van der Waals surface area contributed by atoms with Gasteiger partial charge in [0.05, 0.1) is 11.7 Å². The minimum absolute atomic E-state index is 0.106. The molecule has 2 aromatic rings. The van der Waals surface area contributed by atoms with Crippen LogP contribution in [0.3, 0.4) is 0 Å². The van der Waals surface area contributed by atoms with E-state index in [1.807, 2.05) is 11.7 Å². The van der Waals surface area contributed by atoms with E-state index < -0.39 is 0 Å². The number of nitrogens with zero attached hydrogens (tertiary/aromatic N) is 3. The first-order valence-corrected chi connectivity index (χ1v) is 9.60. The molecular formula is C19H26N4O. The van der Waals surface area contributed by atoms with Crippen molar-refractivity contribution in [3.8, 4) is 0 Å². The Morgan fingerprint density at radius 1 is 1.04 bits per heavy atom. The second-order valence-electron chi connectivity index (χ2n) is 7.83.